The molecule has 1 saturated heterocycles. The molecule has 25 heavy (non-hydrogen) atoms. The van der Waals surface area contributed by atoms with E-state index in [0.29, 0.717) is 37.6 Å². The Balaban J connectivity index is 1.64. The van der Waals surface area contributed by atoms with E-state index in [9.17, 15) is 17.6 Å². The smallest absolute Gasteiger partial charge is 0.354 e. The lowest BCUT2D eigenvalue weighted by Gasteiger charge is -2.40. The van der Waals surface area contributed by atoms with Gasteiger partial charge in [0.1, 0.15) is 11.6 Å². The van der Waals surface area contributed by atoms with Crippen molar-refractivity contribution in [2.45, 2.75) is 25.7 Å². The minimum atomic E-state index is -4.38. The van der Waals surface area contributed by atoms with Crippen LogP contribution in [0.2, 0.25) is 0 Å². The average Bonchev–Trinajstić information content (AvgIpc) is 2.58. The summed E-state index contributed by atoms with van der Waals surface area (Å²) >= 11 is 0. The second-order valence-electron chi connectivity index (χ2n) is 6.14. The van der Waals surface area contributed by atoms with Gasteiger partial charge < -0.3 is 4.90 Å². The zero-order valence-corrected chi connectivity index (χ0v) is 13.7. The summed E-state index contributed by atoms with van der Waals surface area (Å²) in [5.74, 6) is 0.191. The minimum Gasteiger partial charge on any atom is -0.354 e. The highest BCUT2D eigenvalue weighted by Crippen LogP contribution is 2.29. The van der Waals surface area contributed by atoms with Crippen molar-refractivity contribution in [2.24, 2.45) is 0 Å². The number of hydrogen-bond donors (Lipinski definition) is 0. The maximum Gasteiger partial charge on any atom is 0.417 e. The first-order chi connectivity index (χ1) is 11.8. The van der Waals surface area contributed by atoms with Gasteiger partial charge in [-0.3, -0.25) is 9.88 Å². The molecule has 2 aromatic heterocycles. The molecule has 0 aromatic carbocycles. The lowest BCUT2D eigenvalue weighted by Crippen LogP contribution is -2.51. The van der Waals surface area contributed by atoms with E-state index in [2.05, 4.69) is 14.9 Å². The fourth-order valence-corrected chi connectivity index (χ4v) is 2.93. The molecule has 4 nitrogen and oxygen atoms in total. The lowest BCUT2D eigenvalue weighted by atomic mass is 10.1. The molecule has 0 saturated carbocycles. The zero-order valence-electron chi connectivity index (χ0n) is 13.7. The molecule has 0 bridgehead atoms. The number of alkyl halides is 3. The molecule has 1 fully saturated rings. The van der Waals surface area contributed by atoms with Crippen molar-refractivity contribution in [1.82, 2.24) is 14.9 Å². The van der Waals surface area contributed by atoms with Gasteiger partial charge in [0.05, 0.1) is 11.8 Å². The summed E-state index contributed by atoms with van der Waals surface area (Å²) in [5.41, 5.74) is -0.168. The van der Waals surface area contributed by atoms with Gasteiger partial charge in [0, 0.05) is 50.2 Å². The van der Waals surface area contributed by atoms with Crippen LogP contribution in [0.5, 0.6) is 0 Å². The number of pyridine rings is 2. The molecule has 0 N–H and O–H groups in total. The van der Waals surface area contributed by atoms with Crippen molar-refractivity contribution in [3.63, 3.8) is 0 Å². The third-order valence-electron chi connectivity index (χ3n) is 4.39. The number of nitrogens with zero attached hydrogens (tertiary/aromatic N) is 4. The normalized spacial score (nSPS) is 19.2. The molecule has 3 rings (SSSR count). The van der Waals surface area contributed by atoms with Crippen LogP contribution in [0.3, 0.4) is 0 Å². The van der Waals surface area contributed by atoms with Crippen molar-refractivity contribution >= 4 is 5.82 Å². The first-order valence-electron chi connectivity index (χ1n) is 7.95. The fraction of sp³-hybridized carbons (Fsp3) is 0.412. The Morgan fingerprint density at radius 2 is 1.96 bits per heavy atom. The van der Waals surface area contributed by atoms with Crippen LogP contribution in [0.15, 0.2) is 36.8 Å². The van der Waals surface area contributed by atoms with Crippen LogP contribution in [0.1, 0.15) is 18.1 Å². The molecule has 0 amide bonds. The maximum atomic E-state index is 13.7. The van der Waals surface area contributed by atoms with Gasteiger partial charge in [-0.05, 0) is 25.1 Å². The van der Waals surface area contributed by atoms with Gasteiger partial charge in [0.2, 0.25) is 0 Å². The van der Waals surface area contributed by atoms with Crippen molar-refractivity contribution in [3.8, 4) is 0 Å². The quantitative estimate of drug-likeness (QED) is 0.792. The molecule has 0 radical (unpaired) electrons. The van der Waals surface area contributed by atoms with Gasteiger partial charge in [0.15, 0.2) is 0 Å². The topological polar surface area (TPSA) is 32.3 Å². The molecule has 8 heteroatoms. The first-order valence-corrected chi connectivity index (χ1v) is 7.95. The summed E-state index contributed by atoms with van der Waals surface area (Å²) in [6.45, 7) is 4.39. The summed E-state index contributed by atoms with van der Waals surface area (Å²) in [7, 11) is 0. The van der Waals surface area contributed by atoms with E-state index in [4.69, 9.17) is 0 Å². The summed E-state index contributed by atoms with van der Waals surface area (Å²) in [6, 6.07) is 4.22. The monoisotopic (exact) mass is 354 g/mol. The minimum absolute atomic E-state index is 0.116. The number of piperazine rings is 1. The van der Waals surface area contributed by atoms with Gasteiger partial charge in [-0.2, -0.15) is 13.2 Å². The number of anilines is 1. The number of hydrogen-bond acceptors (Lipinski definition) is 4. The molecule has 1 unspecified atom stereocenters. The van der Waals surface area contributed by atoms with Crippen LogP contribution < -0.4 is 4.90 Å². The van der Waals surface area contributed by atoms with Crippen molar-refractivity contribution in [1.29, 1.82) is 0 Å². The second kappa shape index (κ2) is 6.95. The largest absolute Gasteiger partial charge is 0.417 e. The lowest BCUT2D eigenvalue weighted by molar-refractivity contribution is -0.137. The van der Waals surface area contributed by atoms with E-state index in [1.807, 2.05) is 11.8 Å². The van der Waals surface area contributed by atoms with E-state index >= 15 is 0 Å². The summed E-state index contributed by atoms with van der Waals surface area (Å²) in [6.07, 6.45) is -0.765. The van der Waals surface area contributed by atoms with Gasteiger partial charge in [-0.25, -0.2) is 9.37 Å². The molecule has 1 atom stereocenters. The zero-order chi connectivity index (χ0) is 18.0. The highest BCUT2D eigenvalue weighted by molar-refractivity contribution is 5.40. The van der Waals surface area contributed by atoms with E-state index in [-0.39, 0.29) is 11.9 Å². The SMILES string of the molecule is CC1CN(c2ccc(C(F)(F)F)cn2)CCN1Cc1ccncc1F. The van der Waals surface area contributed by atoms with Crippen molar-refractivity contribution in [2.75, 3.05) is 24.5 Å². The molecule has 2 aromatic rings. The standard InChI is InChI=1S/C17H18F4N4/c1-12-10-25(16-3-2-14(8-23-16)17(19,20)21)7-6-24(12)11-13-4-5-22-9-15(13)18/h2-5,8-9,12H,6-7,10-11H2,1H3. The Morgan fingerprint density at radius 1 is 1.16 bits per heavy atom. The molecular formula is C17H18F4N4. The highest BCUT2D eigenvalue weighted by Gasteiger charge is 2.31. The van der Waals surface area contributed by atoms with E-state index in [0.717, 1.165) is 12.3 Å². The fourth-order valence-electron chi connectivity index (χ4n) is 2.93. The van der Waals surface area contributed by atoms with Crippen molar-refractivity contribution < 1.29 is 17.6 Å². The number of rotatable bonds is 3. The molecule has 134 valence electrons. The third kappa shape index (κ3) is 4.07. The predicted octanol–water partition coefficient (Wildman–Crippen LogP) is 3.35. The van der Waals surface area contributed by atoms with E-state index < -0.39 is 11.7 Å². The van der Waals surface area contributed by atoms with Crippen LogP contribution in [0.25, 0.3) is 0 Å². The third-order valence-corrected chi connectivity index (χ3v) is 4.39. The molecule has 1 aliphatic heterocycles. The Hall–Kier alpha value is -2.22. The maximum absolute atomic E-state index is 13.7. The Kier molecular flexibility index (Phi) is 4.89. The van der Waals surface area contributed by atoms with Crippen LogP contribution in [0.4, 0.5) is 23.4 Å². The molecular weight excluding hydrogens is 336 g/mol. The van der Waals surface area contributed by atoms with Crippen molar-refractivity contribution in [3.05, 3.63) is 53.7 Å². The van der Waals surface area contributed by atoms with Crippen LogP contribution in [0, 0.1) is 5.82 Å². The second-order valence-corrected chi connectivity index (χ2v) is 6.14. The van der Waals surface area contributed by atoms with E-state index in [1.54, 1.807) is 12.3 Å². The van der Waals surface area contributed by atoms with Gasteiger partial charge in [-0.15, -0.1) is 0 Å². The van der Waals surface area contributed by atoms with Gasteiger partial charge in [-0.1, -0.05) is 0 Å². The number of aromatic nitrogens is 2. The van der Waals surface area contributed by atoms with Crippen LogP contribution >= 0.6 is 0 Å². The van der Waals surface area contributed by atoms with Gasteiger partial charge in [0.25, 0.3) is 0 Å². The average molecular weight is 354 g/mol. The number of halogens is 4. The van der Waals surface area contributed by atoms with Gasteiger partial charge >= 0.3 is 6.18 Å². The molecule has 0 aliphatic carbocycles. The Bertz CT molecular complexity index is 717. The highest BCUT2D eigenvalue weighted by atomic mass is 19.4. The molecule has 1 aliphatic rings. The Labute approximate surface area is 143 Å². The Morgan fingerprint density at radius 3 is 2.56 bits per heavy atom. The first kappa shape index (κ1) is 17.6. The summed E-state index contributed by atoms with van der Waals surface area (Å²) < 4.78 is 51.6. The molecule has 3 heterocycles. The van der Waals surface area contributed by atoms with E-state index in [1.165, 1.54) is 12.3 Å². The summed E-state index contributed by atoms with van der Waals surface area (Å²) in [5, 5.41) is 0. The predicted molar refractivity (Wildman–Crippen MR) is 85.5 cm³/mol. The summed E-state index contributed by atoms with van der Waals surface area (Å²) in [4.78, 5) is 11.8. The van der Waals surface area contributed by atoms with Crippen LogP contribution in [-0.4, -0.2) is 40.5 Å². The molecule has 0 spiro atoms. The van der Waals surface area contributed by atoms with Crippen LogP contribution in [-0.2, 0) is 12.7 Å².